The van der Waals surface area contributed by atoms with Crippen molar-refractivity contribution < 1.29 is 13.5 Å². The van der Waals surface area contributed by atoms with Crippen LogP contribution in [0.2, 0.25) is 0 Å². The van der Waals surface area contributed by atoms with Gasteiger partial charge in [0.05, 0.1) is 5.75 Å². The number of nitrogen functional groups attached to an aromatic ring is 1. The van der Waals surface area contributed by atoms with Crippen LogP contribution in [0.25, 0.3) is 0 Å². The fraction of sp³-hybridized carbons (Fsp3) is 0.455. The molecule has 0 aliphatic rings. The quantitative estimate of drug-likeness (QED) is 0.724. The maximum Gasteiger partial charge on any atom is 0.218 e. The molecule has 0 saturated carbocycles. The average Bonchev–Trinajstić information content (AvgIpc) is 2.28. The summed E-state index contributed by atoms with van der Waals surface area (Å²) in [6, 6.07) is 6.76. The van der Waals surface area contributed by atoms with Crippen LogP contribution in [0.1, 0.15) is 12.0 Å². The van der Waals surface area contributed by atoms with E-state index in [0.717, 1.165) is 0 Å². The first kappa shape index (κ1) is 14.0. The molecule has 0 atom stereocenters. The Labute approximate surface area is 102 Å². The predicted octanol–water partition coefficient (Wildman–Crippen LogP) is 0.413. The topological polar surface area (TPSA) is 83.6 Å². The standard InChI is InChI=1S/C11H18N2O3S/c1-13(7-2-8-14)17(15,16)9-10-3-5-11(12)6-4-10/h3-6,14H,2,7-9,12H2,1H3. The van der Waals surface area contributed by atoms with Gasteiger partial charge in [0.25, 0.3) is 0 Å². The number of aliphatic hydroxyl groups excluding tert-OH is 1. The van der Waals surface area contributed by atoms with Crippen molar-refractivity contribution in [2.75, 3.05) is 25.9 Å². The van der Waals surface area contributed by atoms with Crippen LogP contribution in [0, 0.1) is 0 Å². The molecule has 1 rings (SSSR count). The lowest BCUT2D eigenvalue weighted by Gasteiger charge is -2.16. The summed E-state index contributed by atoms with van der Waals surface area (Å²) < 4.78 is 25.1. The van der Waals surface area contributed by atoms with E-state index >= 15 is 0 Å². The highest BCUT2D eigenvalue weighted by atomic mass is 32.2. The molecule has 0 unspecified atom stereocenters. The Bertz CT molecular complexity index is 442. The van der Waals surface area contributed by atoms with E-state index in [1.807, 2.05) is 0 Å². The van der Waals surface area contributed by atoms with Crippen LogP contribution in [0.15, 0.2) is 24.3 Å². The number of hydrogen-bond acceptors (Lipinski definition) is 4. The molecule has 0 amide bonds. The van der Waals surface area contributed by atoms with Crippen molar-refractivity contribution in [2.24, 2.45) is 0 Å². The Morgan fingerprint density at radius 2 is 1.88 bits per heavy atom. The smallest absolute Gasteiger partial charge is 0.218 e. The van der Waals surface area contributed by atoms with Gasteiger partial charge in [-0.2, -0.15) is 0 Å². The maximum absolute atomic E-state index is 11.9. The van der Waals surface area contributed by atoms with Gasteiger partial charge in [0.1, 0.15) is 0 Å². The number of aliphatic hydroxyl groups is 1. The van der Waals surface area contributed by atoms with E-state index in [1.165, 1.54) is 11.4 Å². The molecule has 0 fully saturated rings. The highest BCUT2D eigenvalue weighted by molar-refractivity contribution is 7.88. The third-order valence-corrected chi connectivity index (χ3v) is 4.27. The molecule has 0 radical (unpaired) electrons. The Balaban J connectivity index is 2.69. The van der Waals surface area contributed by atoms with E-state index in [2.05, 4.69) is 0 Å². The van der Waals surface area contributed by atoms with Crippen molar-refractivity contribution in [3.05, 3.63) is 29.8 Å². The first-order valence-corrected chi connectivity index (χ1v) is 6.96. The average molecular weight is 258 g/mol. The van der Waals surface area contributed by atoms with Crippen molar-refractivity contribution in [3.8, 4) is 0 Å². The van der Waals surface area contributed by atoms with Crippen molar-refractivity contribution >= 4 is 15.7 Å². The van der Waals surface area contributed by atoms with Gasteiger partial charge in [-0.3, -0.25) is 0 Å². The van der Waals surface area contributed by atoms with Gasteiger partial charge in [-0.1, -0.05) is 12.1 Å². The molecule has 3 N–H and O–H groups in total. The van der Waals surface area contributed by atoms with E-state index in [9.17, 15) is 8.42 Å². The minimum atomic E-state index is -3.32. The monoisotopic (exact) mass is 258 g/mol. The van der Waals surface area contributed by atoms with E-state index < -0.39 is 10.0 Å². The van der Waals surface area contributed by atoms with Crippen LogP contribution in [-0.2, 0) is 15.8 Å². The lowest BCUT2D eigenvalue weighted by Crippen LogP contribution is -2.29. The van der Waals surface area contributed by atoms with E-state index in [-0.39, 0.29) is 12.4 Å². The first-order valence-electron chi connectivity index (χ1n) is 5.35. The van der Waals surface area contributed by atoms with Crippen LogP contribution in [-0.4, -0.2) is 38.0 Å². The zero-order valence-corrected chi connectivity index (χ0v) is 10.7. The Morgan fingerprint density at radius 1 is 1.29 bits per heavy atom. The van der Waals surface area contributed by atoms with Crippen LogP contribution >= 0.6 is 0 Å². The minimum absolute atomic E-state index is 0.0122. The van der Waals surface area contributed by atoms with Crippen molar-refractivity contribution in [1.29, 1.82) is 0 Å². The summed E-state index contributed by atoms with van der Waals surface area (Å²) >= 11 is 0. The van der Waals surface area contributed by atoms with Crippen LogP contribution in [0.5, 0.6) is 0 Å². The number of sulfonamides is 1. The number of anilines is 1. The number of hydrogen-bond donors (Lipinski definition) is 2. The maximum atomic E-state index is 11.9. The molecule has 5 nitrogen and oxygen atoms in total. The zero-order valence-electron chi connectivity index (χ0n) is 9.83. The summed E-state index contributed by atoms with van der Waals surface area (Å²) in [7, 11) is -1.80. The summed E-state index contributed by atoms with van der Waals surface area (Å²) in [6.45, 7) is 0.315. The van der Waals surface area contributed by atoms with Gasteiger partial charge >= 0.3 is 0 Å². The van der Waals surface area contributed by atoms with Crippen molar-refractivity contribution in [3.63, 3.8) is 0 Å². The molecule has 0 bridgehead atoms. The first-order chi connectivity index (χ1) is 7.95. The molecule has 0 aliphatic heterocycles. The number of nitrogens with zero attached hydrogens (tertiary/aromatic N) is 1. The molecular formula is C11H18N2O3S. The summed E-state index contributed by atoms with van der Waals surface area (Å²) in [5, 5.41) is 8.67. The van der Waals surface area contributed by atoms with Crippen molar-refractivity contribution in [2.45, 2.75) is 12.2 Å². The van der Waals surface area contributed by atoms with Gasteiger partial charge in [-0.15, -0.1) is 0 Å². The molecule has 0 saturated heterocycles. The molecule has 1 aromatic rings. The molecular weight excluding hydrogens is 240 g/mol. The summed E-state index contributed by atoms with van der Waals surface area (Å²) in [5.74, 6) is -0.0464. The van der Waals surface area contributed by atoms with E-state index in [0.29, 0.717) is 24.2 Å². The predicted molar refractivity (Wildman–Crippen MR) is 67.8 cm³/mol. The van der Waals surface area contributed by atoms with Crippen molar-refractivity contribution in [1.82, 2.24) is 4.31 Å². The van der Waals surface area contributed by atoms with Gasteiger partial charge in [-0.05, 0) is 24.1 Å². The molecule has 0 aromatic heterocycles. The fourth-order valence-electron chi connectivity index (χ4n) is 1.37. The number of benzene rings is 1. The van der Waals surface area contributed by atoms with Gasteiger partial charge in [-0.25, -0.2) is 12.7 Å². The fourth-order valence-corrected chi connectivity index (χ4v) is 2.61. The van der Waals surface area contributed by atoms with Gasteiger partial charge in [0.2, 0.25) is 10.0 Å². The molecule has 1 aromatic carbocycles. The molecule has 0 heterocycles. The molecule has 17 heavy (non-hydrogen) atoms. The van der Waals surface area contributed by atoms with Crippen LogP contribution < -0.4 is 5.73 Å². The van der Waals surface area contributed by atoms with Gasteiger partial charge < -0.3 is 10.8 Å². The second-order valence-corrected chi connectivity index (χ2v) is 5.97. The Morgan fingerprint density at radius 3 is 2.41 bits per heavy atom. The lowest BCUT2D eigenvalue weighted by molar-refractivity contribution is 0.275. The summed E-state index contributed by atoms with van der Waals surface area (Å²) in [4.78, 5) is 0. The Hall–Kier alpha value is -1.11. The number of nitrogens with two attached hydrogens (primary N) is 1. The molecule has 0 aliphatic carbocycles. The Kier molecular flexibility index (Phi) is 4.92. The molecule has 96 valence electrons. The summed E-state index contributed by atoms with van der Waals surface area (Å²) in [6.07, 6.45) is 0.442. The number of rotatable bonds is 6. The second-order valence-electron chi connectivity index (χ2n) is 3.90. The third-order valence-electron chi connectivity index (χ3n) is 2.43. The zero-order chi connectivity index (χ0) is 12.9. The van der Waals surface area contributed by atoms with Gasteiger partial charge in [0, 0.05) is 25.9 Å². The third kappa shape index (κ3) is 4.33. The lowest BCUT2D eigenvalue weighted by atomic mass is 10.2. The molecule has 0 spiro atoms. The van der Waals surface area contributed by atoms with E-state index in [1.54, 1.807) is 24.3 Å². The highest BCUT2D eigenvalue weighted by Crippen LogP contribution is 2.11. The van der Waals surface area contributed by atoms with Crippen LogP contribution in [0.4, 0.5) is 5.69 Å². The van der Waals surface area contributed by atoms with Gasteiger partial charge in [0.15, 0.2) is 0 Å². The second kappa shape index (κ2) is 6.00. The summed E-state index contributed by atoms with van der Waals surface area (Å²) in [5.41, 5.74) is 6.84. The SMILES string of the molecule is CN(CCCO)S(=O)(=O)Cc1ccc(N)cc1. The minimum Gasteiger partial charge on any atom is -0.399 e. The van der Waals surface area contributed by atoms with Crippen LogP contribution in [0.3, 0.4) is 0 Å². The van der Waals surface area contributed by atoms with E-state index in [4.69, 9.17) is 10.8 Å². The largest absolute Gasteiger partial charge is 0.399 e. The highest BCUT2D eigenvalue weighted by Gasteiger charge is 2.17. The normalized spacial score (nSPS) is 11.9. The molecule has 6 heteroatoms.